The van der Waals surface area contributed by atoms with E-state index in [4.69, 9.17) is 11.6 Å². The highest BCUT2D eigenvalue weighted by atomic mass is 35.5. The summed E-state index contributed by atoms with van der Waals surface area (Å²) in [5.41, 5.74) is 0.891. The van der Waals surface area contributed by atoms with Gasteiger partial charge in [-0.25, -0.2) is 0 Å². The highest BCUT2D eigenvalue weighted by Gasteiger charge is 2.34. The van der Waals surface area contributed by atoms with Crippen LogP contribution in [0.2, 0.25) is 0 Å². The average molecular weight is 277 g/mol. The Hall–Kier alpha value is -1.74. The maximum absolute atomic E-state index is 12.2. The molecule has 1 aliphatic rings. The van der Waals surface area contributed by atoms with E-state index >= 15 is 0 Å². The molecule has 0 aromatic heterocycles. The third-order valence-corrected chi connectivity index (χ3v) is 3.30. The molecular weight excluding hydrogens is 264 g/mol. The molecule has 0 spiro atoms. The largest absolute Gasteiger partial charge is 0.294 e. The molecule has 1 aliphatic carbocycles. The average Bonchev–Trinajstić information content (AvgIpc) is 2.35. The molecule has 0 amide bonds. The Bertz CT molecular complexity index is 612. The Labute approximate surface area is 116 Å². The Balaban J connectivity index is 2.60. The van der Waals surface area contributed by atoms with Gasteiger partial charge in [-0.2, -0.15) is 0 Å². The molecule has 1 aromatic rings. The van der Waals surface area contributed by atoms with E-state index in [0.29, 0.717) is 12.0 Å². The fourth-order valence-corrected chi connectivity index (χ4v) is 2.39. The Kier molecular flexibility index (Phi) is 3.67. The second-order valence-electron chi connectivity index (χ2n) is 4.91. The molecule has 0 N–H and O–H groups in total. The number of allylic oxidation sites excluding steroid dienone is 2. The number of hydrogen-bond donors (Lipinski definition) is 0. The van der Waals surface area contributed by atoms with E-state index in [2.05, 4.69) is 0 Å². The van der Waals surface area contributed by atoms with Crippen molar-refractivity contribution in [1.29, 1.82) is 0 Å². The van der Waals surface area contributed by atoms with Crippen molar-refractivity contribution in [3.63, 3.8) is 0 Å². The quantitative estimate of drug-likeness (QED) is 0.798. The Morgan fingerprint density at radius 1 is 1.11 bits per heavy atom. The van der Waals surface area contributed by atoms with E-state index in [-0.39, 0.29) is 27.9 Å². The van der Waals surface area contributed by atoms with Crippen molar-refractivity contribution in [1.82, 2.24) is 0 Å². The number of carbonyl (C=O) groups is 3. The molecule has 0 heterocycles. The van der Waals surface area contributed by atoms with Crippen LogP contribution in [0.5, 0.6) is 0 Å². The van der Waals surface area contributed by atoms with Crippen LogP contribution >= 0.6 is 11.6 Å². The lowest BCUT2D eigenvalue weighted by molar-refractivity contribution is -0.115. The summed E-state index contributed by atoms with van der Waals surface area (Å²) in [5, 5.41) is -0.255. The molecular formula is C15H13ClO3. The van der Waals surface area contributed by atoms with Crippen LogP contribution in [0.1, 0.15) is 36.2 Å². The molecule has 0 radical (unpaired) electrons. The monoisotopic (exact) mass is 276 g/mol. The second kappa shape index (κ2) is 5.10. The van der Waals surface area contributed by atoms with Crippen LogP contribution in [0.15, 0.2) is 29.3 Å². The summed E-state index contributed by atoms with van der Waals surface area (Å²) >= 11 is 5.92. The first-order chi connectivity index (χ1) is 8.93. The normalized spacial score (nSPS) is 14.9. The molecule has 0 atom stereocenters. The fourth-order valence-electron chi connectivity index (χ4n) is 2.10. The third-order valence-electron chi connectivity index (χ3n) is 2.94. The Morgan fingerprint density at radius 2 is 1.68 bits per heavy atom. The first-order valence-electron chi connectivity index (χ1n) is 6.05. The zero-order valence-electron chi connectivity index (χ0n) is 10.7. The van der Waals surface area contributed by atoms with Gasteiger partial charge in [0.1, 0.15) is 5.03 Å². The summed E-state index contributed by atoms with van der Waals surface area (Å²) in [6, 6.07) is 6.57. The van der Waals surface area contributed by atoms with E-state index in [0.717, 1.165) is 0 Å². The summed E-state index contributed by atoms with van der Waals surface area (Å²) in [4.78, 5) is 35.9. The fraction of sp³-hybridized carbons (Fsp3) is 0.267. The van der Waals surface area contributed by atoms with Crippen LogP contribution in [-0.2, 0) is 9.59 Å². The molecule has 0 unspecified atom stereocenters. The standard InChI is InChI=1S/C15H13ClO3/c1-8(2)7-11(17)12-9-5-3-4-6-10(9)14(18)15(19)13(12)16/h3-6,8H,7H2,1-2H3. The molecule has 98 valence electrons. The van der Waals surface area contributed by atoms with Crippen LogP contribution in [0, 0.1) is 5.92 Å². The van der Waals surface area contributed by atoms with Gasteiger partial charge in [0.05, 0.1) is 0 Å². The first kappa shape index (κ1) is 13.7. The van der Waals surface area contributed by atoms with Gasteiger partial charge in [-0.15, -0.1) is 0 Å². The maximum Gasteiger partial charge on any atom is 0.245 e. The van der Waals surface area contributed by atoms with E-state index < -0.39 is 11.6 Å². The molecule has 0 bridgehead atoms. The number of ketones is 3. The molecule has 19 heavy (non-hydrogen) atoms. The van der Waals surface area contributed by atoms with Gasteiger partial charge < -0.3 is 0 Å². The van der Waals surface area contributed by atoms with Gasteiger partial charge in [0.15, 0.2) is 5.78 Å². The SMILES string of the molecule is CC(C)CC(=O)C1=C(Cl)C(=O)C(=O)c2ccccc21. The van der Waals surface area contributed by atoms with Crippen LogP contribution < -0.4 is 0 Å². The smallest absolute Gasteiger partial charge is 0.245 e. The number of fused-ring (bicyclic) bond motifs is 1. The van der Waals surface area contributed by atoms with Crippen molar-refractivity contribution in [3.05, 3.63) is 40.4 Å². The van der Waals surface area contributed by atoms with E-state index in [1.807, 2.05) is 13.8 Å². The zero-order chi connectivity index (χ0) is 14.2. The van der Waals surface area contributed by atoms with Gasteiger partial charge in [-0.1, -0.05) is 49.7 Å². The lowest BCUT2D eigenvalue weighted by Gasteiger charge is -2.18. The predicted octanol–water partition coefficient (Wildman–Crippen LogP) is 3.02. The minimum Gasteiger partial charge on any atom is -0.294 e. The second-order valence-corrected chi connectivity index (χ2v) is 5.29. The van der Waals surface area contributed by atoms with Gasteiger partial charge in [-0.3, -0.25) is 14.4 Å². The lowest BCUT2D eigenvalue weighted by atomic mass is 9.85. The summed E-state index contributed by atoms with van der Waals surface area (Å²) in [6.45, 7) is 3.82. The number of benzene rings is 1. The van der Waals surface area contributed by atoms with Gasteiger partial charge in [0, 0.05) is 17.6 Å². The maximum atomic E-state index is 12.2. The number of rotatable bonds is 3. The molecule has 0 saturated heterocycles. The van der Waals surface area contributed by atoms with E-state index in [9.17, 15) is 14.4 Å². The molecule has 4 heteroatoms. The molecule has 0 fully saturated rings. The van der Waals surface area contributed by atoms with Crippen LogP contribution in [0.4, 0.5) is 0 Å². The van der Waals surface area contributed by atoms with Crippen molar-refractivity contribution in [2.24, 2.45) is 5.92 Å². The topological polar surface area (TPSA) is 51.2 Å². The van der Waals surface area contributed by atoms with Crippen LogP contribution in [-0.4, -0.2) is 17.3 Å². The molecule has 0 aliphatic heterocycles. The van der Waals surface area contributed by atoms with Gasteiger partial charge in [0.25, 0.3) is 0 Å². The van der Waals surface area contributed by atoms with Gasteiger partial charge in [-0.05, 0) is 11.5 Å². The molecule has 0 saturated carbocycles. The number of hydrogen-bond acceptors (Lipinski definition) is 3. The van der Waals surface area contributed by atoms with E-state index in [1.165, 1.54) is 0 Å². The highest BCUT2D eigenvalue weighted by molar-refractivity contribution is 6.66. The van der Waals surface area contributed by atoms with E-state index in [1.54, 1.807) is 24.3 Å². The van der Waals surface area contributed by atoms with Crippen LogP contribution in [0.25, 0.3) is 5.57 Å². The third kappa shape index (κ3) is 2.38. The molecule has 3 nitrogen and oxygen atoms in total. The minimum atomic E-state index is -0.799. The predicted molar refractivity (Wildman–Crippen MR) is 73.0 cm³/mol. The Morgan fingerprint density at radius 3 is 2.26 bits per heavy atom. The minimum absolute atomic E-state index is 0.157. The van der Waals surface area contributed by atoms with Gasteiger partial charge >= 0.3 is 0 Å². The zero-order valence-corrected chi connectivity index (χ0v) is 11.5. The highest BCUT2D eigenvalue weighted by Crippen LogP contribution is 2.33. The summed E-state index contributed by atoms with van der Waals surface area (Å²) < 4.78 is 0. The molecule has 2 rings (SSSR count). The van der Waals surface area contributed by atoms with Crippen molar-refractivity contribution < 1.29 is 14.4 Å². The van der Waals surface area contributed by atoms with Crippen molar-refractivity contribution in [2.45, 2.75) is 20.3 Å². The van der Waals surface area contributed by atoms with Crippen molar-refractivity contribution in [3.8, 4) is 0 Å². The van der Waals surface area contributed by atoms with Gasteiger partial charge in [0.2, 0.25) is 11.6 Å². The lowest BCUT2D eigenvalue weighted by Crippen LogP contribution is -2.24. The number of halogens is 1. The number of Topliss-reactive ketones (excluding diaryl/α,β-unsaturated/α-hetero) is 3. The first-order valence-corrected chi connectivity index (χ1v) is 6.42. The summed E-state index contributed by atoms with van der Waals surface area (Å²) in [5.74, 6) is -1.49. The van der Waals surface area contributed by atoms with Crippen molar-refractivity contribution in [2.75, 3.05) is 0 Å². The summed E-state index contributed by atoms with van der Waals surface area (Å²) in [6.07, 6.45) is 0.293. The van der Waals surface area contributed by atoms with Crippen LogP contribution in [0.3, 0.4) is 0 Å². The van der Waals surface area contributed by atoms with Crippen molar-refractivity contribution >= 4 is 34.5 Å². The molecule has 1 aromatic carbocycles. The number of carbonyl (C=O) groups excluding carboxylic acids is 3. The summed E-state index contributed by atoms with van der Waals surface area (Å²) in [7, 11) is 0.